The van der Waals surface area contributed by atoms with Crippen molar-refractivity contribution in [1.29, 1.82) is 0 Å². The molecular weight excluding hydrogens is 532 g/mol. The molecule has 0 aliphatic heterocycles. The molecule has 0 radical (unpaired) electrons. The Bertz CT molecular complexity index is 1260. The van der Waals surface area contributed by atoms with Gasteiger partial charge in [-0.25, -0.2) is 0 Å². The van der Waals surface area contributed by atoms with Crippen molar-refractivity contribution in [3.8, 4) is 0 Å². The zero-order valence-corrected chi connectivity index (χ0v) is 26.3. The number of hydrogen-bond donors (Lipinski definition) is 4. The highest BCUT2D eigenvalue weighted by Crippen LogP contribution is 2.22. The van der Waals surface area contributed by atoms with E-state index in [0.29, 0.717) is 5.56 Å². The third-order valence-electron chi connectivity index (χ3n) is 6.94. The Morgan fingerprint density at radius 3 is 1.79 bits per heavy atom. The average Bonchev–Trinajstić information content (AvgIpc) is 2.91. The van der Waals surface area contributed by atoms with Gasteiger partial charge in [-0.1, -0.05) is 97.9 Å². The largest absolute Gasteiger partial charge is 0.345 e. The predicted molar refractivity (Wildman–Crippen MR) is 164 cm³/mol. The minimum absolute atomic E-state index is 0.000792. The first-order valence-corrected chi connectivity index (χ1v) is 14.3. The molecule has 2 aromatic carbocycles. The molecule has 4 N–H and O–H groups in total. The van der Waals surface area contributed by atoms with Gasteiger partial charge in [0.1, 0.15) is 12.1 Å². The number of benzene rings is 2. The number of carbonyl (C=O) groups excluding carboxylic acids is 5. The van der Waals surface area contributed by atoms with Gasteiger partial charge in [0.2, 0.25) is 17.6 Å². The Labute approximate surface area is 249 Å². The minimum atomic E-state index is -1.09. The Hall–Kier alpha value is -4.01. The standard InChI is InChI=1S/C33H46N4O5/c1-20(2)25(26(38)30(41)34-19-22-15-17-24(18-16-22)32(4,5)6)36-28(39)21(3)35-31(42)27(33(7,8)9)37-29(40)23-13-11-10-12-14-23/h10-18,20-21,25,27H,19H2,1-9H3,(H,34,41)(H,35,42)(H,36,39)(H,37,40). The lowest BCUT2D eigenvalue weighted by atomic mass is 9.85. The predicted octanol–water partition coefficient (Wildman–Crippen LogP) is 3.66. The molecule has 3 unspecified atom stereocenters. The first-order valence-electron chi connectivity index (χ1n) is 14.3. The van der Waals surface area contributed by atoms with E-state index in [1.807, 2.05) is 24.3 Å². The number of Topliss-reactive ketones (excluding diaryl/α,β-unsaturated/α-hetero) is 1. The molecule has 0 aliphatic rings. The summed E-state index contributed by atoms with van der Waals surface area (Å²) >= 11 is 0. The van der Waals surface area contributed by atoms with Gasteiger partial charge in [0, 0.05) is 12.1 Å². The number of nitrogens with one attached hydrogen (secondary N) is 4. The summed E-state index contributed by atoms with van der Waals surface area (Å²) in [6.45, 7) is 16.8. The van der Waals surface area contributed by atoms with E-state index in [-0.39, 0.29) is 17.9 Å². The summed E-state index contributed by atoms with van der Waals surface area (Å²) in [6, 6.07) is 13.3. The van der Waals surface area contributed by atoms with Gasteiger partial charge in [0.25, 0.3) is 11.8 Å². The lowest BCUT2D eigenvalue weighted by Gasteiger charge is -2.31. The van der Waals surface area contributed by atoms with E-state index in [9.17, 15) is 24.0 Å². The van der Waals surface area contributed by atoms with Crippen LogP contribution in [0.15, 0.2) is 54.6 Å². The van der Waals surface area contributed by atoms with Crippen LogP contribution in [0.3, 0.4) is 0 Å². The molecule has 0 aromatic heterocycles. The van der Waals surface area contributed by atoms with E-state index in [1.54, 1.807) is 65.0 Å². The fraction of sp³-hybridized carbons (Fsp3) is 0.485. The SMILES string of the molecule is CC(NC(=O)C(NC(=O)c1ccccc1)C(C)(C)C)C(=O)NC(C(=O)C(=O)NCc1ccc(C(C)(C)C)cc1)C(C)C. The molecular formula is C33H46N4O5. The van der Waals surface area contributed by atoms with Gasteiger partial charge < -0.3 is 21.3 Å². The second-order valence-corrected chi connectivity index (χ2v) is 13.1. The summed E-state index contributed by atoms with van der Waals surface area (Å²) in [7, 11) is 0. The van der Waals surface area contributed by atoms with Crippen LogP contribution in [-0.2, 0) is 31.1 Å². The molecule has 42 heavy (non-hydrogen) atoms. The van der Waals surface area contributed by atoms with Crippen molar-refractivity contribution in [2.75, 3.05) is 0 Å². The van der Waals surface area contributed by atoms with Crippen molar-refractivity contribution in [3.63, 3.8) is 0 Å². The third kappa shape index (κ3) is 9.82. The summed E-state index contributed by atoms with van der Waals surface area (Å²) in [5.41, 5.74) is 1.75. The maximum Gasteiger partial charge on any atom is 0.289 e. The van der Waals surface area contributed by atoms with Gasteiger partial charge in [-0.05, 0) is 46.9 Å². The molecule has 0 saturated carbocycles. The first kappa shape index (κ1) is 34.2. The number of rotatable bonds is 11. The fourth-order valence-electron chi connectivity index (χ4n) is 4.19. The van der Waals surface area contributed by atoms with Crippen LogP contribution in [0.25, 0.3) is 0 Å². The van der Waals surface area contributed by atoms with E-state index >= 15 is 0 Å². The van der Waals surface area contributed by atoms with Crippen molar-refractivity contribution in [3.05, 3.63) is 71.3 Å². The minimum Gasteiger partial charge on any atom is -0.345 e. The molecule has 0 fully saturated rings. The molecule has 4 amide bonds. The molecule has 3 atom stereocenters. The molecule has 0 saturated heterocycles. The number of hydrogen-bond acceptors (Lipinski definition) is 5. The second kappa shape index (κ2) is 14.2. The van der Waals surface area contributed by atoms with Gasteiger partial charge in [-0.15, -0.1) is 0 Å². The summed E-state index contributed by atoms with van der Waals surface area (Å²) in [5, 5.41) is 10.7. The maximum atomic E-state index is 13.2. The fourth-order valence-corrected chi connectivity index (χ4v) is 4.19. The molecule has 9 heteroatoms. The highest BCUT2D eigenvalue weighted by atomic mass is 16.2. The van der Waals surface area contributed by atoms with Crippen molar-refractivity contribution < 1.29 is 24.0 Å². The quantitative estimate of drug-likeness (QED) is 0.302. The monoisotopic (exact) mass is 578 g/mol. The third-order valence-corrected chi connectivity index (χ3v) is 6.94. The Balaban J connectivity index is 2.02. The molecule has 0 aliphatic carbocycles. The molecule has 0 spiro atoms. The van der Waals surface area contributed by atoms with Crippen molar-refractivity contribution in [2.24, 2.45) is 11.3 Å². The first-order chi connectivity index (χ1) is 19.4. The molecule has 2 aromatic rings. The summed E-state index contributed by atoms with van der Waals surface area (Å²) in [6.07, 6.45) is 0. The number of carbonyl (C=O) groups is 5. The lowest BCUT2D eigenvalue weighted by molar-refractivity contribution is -0.141. The van der Waals surface area contributed by atoms with E-state index in [2.05, 4.69) is 42.0 Å². The van der Waals surface area contributed by atoms with Crippen LogP contribution in [0, 0.1) is 11.3 Å². The van der Waals surface area contributed by atoms with Crippen molar-refractivity contribution in [1.82, 2.24) is 21.3 Å². The molecule has 9 nitrogen and oxygen atoms in total. The maximum absolute atomic E-state index is 13.2. The van der Waals surface area contributed by atoms with E-state index in [1.165, 1.54) is 6.92 Å². The van der Waals surface area contributed by atoms with Crippen LogP contribution in [0.1, 0.15) is 83.8 Å². The molecule has 0 bridgehead atoms. The van der Waals surface area contributed by atoms with Crippen LogP contribution in [0.2, 0.25) is 0 Å². The van der Waals surface area contributed by atoms with Gasteiger partial charge in [0.05, 0.1) is 6.04 Å². The van der Waals surface area contributed by atoms with Gasteiger partial charge in [0.15, 0.2) is 0 Å². The number of amides is 4. The van der Waals surface area contributed by atoms with Crippen LogP contribution in [-0.4, -0.2) is 47.5 Å². The van der Waals surface area contributed by atoms with Crippen LogP contribution >= 0.6 is 0 Å². The smallest absolute Gasteiger partial charge is 0.289 e. The van der Waals surface area contributed by atoms with E-state index < -0.39 is 53.0 Å². The van der Waals surface area contributed by atoms with E-state index in [4.69, 9.17) is 0 Å². The Morgan fingerprint density at radius 2 is 1.29 bits per heavy atom. The van der Waals surface area contributed by atoms with Crippen molar-refractivity contribution in [2.45, 2.75) is 92.4 Å². The summed E-state index contributed by atoms with van der Waals surface area (Å²) in [5.74, 6) is -3.54. The van der Waals surface area contributed by atoms with Crippen LogP contribution in [0.4, 0.5) is 0 Å². The van der Waals surface area contributed by atoms with Gasteiger partial charge >= 0.3 is 0 Å². The molecule has 0 heterocycles. The molecule has 228 valence electrons. The molecule has 2 rings (SSSR count). The highest BCUT2D eigenvalue weighted by molar-refractivity contribution is 6.38. The van der Waals surface area contributed by atoms with Crippen molar-refractivity contribution >= 4 is 29.4 Å². The zero-order valence-electron chi connectivity index (χ0n) is 26.3. The number of ketones is 1. The van der Waals surface area contributed by atoms with Crippen LogP contribution in [0.5, 0.6) is 0 Å². The topological polar surface area (TPSA) is 133 Å². The van der Waals surface area contributed by atoms with E-state index in [0.717, 1.165) is 11.1 Å². The van der Waals surface area contributed by atoms with Crippen LogP contribution < -0.4 is 21.3 Å². The van der Waals surface area contributed by atoms with Gasteiger partial charge in [-0.2, -0.15) is 0 Å². The lowest BCUT2D eigenvalue weighted by Crippen LogP contribution is -2.59. The van der Waals surface area contributed by atoms with Gasteiger partial charge in [-0.3, -0.25) is 24.0 Å². The zero-order chi connectivity index (χ0) is 31.8. The summed E-state index contributed by atoms with van der Waals surface area (Å²) < 4.78 is 0. The average molecular weight is 579 g/mol. The Kier molecular flexibility index (Phi) is 11.6. The highest BCUT2D eigenvalue weighted by Gasteiger charge is 2.36. The Morgan fingerprint density at radius 1 is 0.714 bits per heavy atom. The normalized spacial score (nSPS) is 13.9. The second-order valence-electron chi connectivity index (χ2n) is 13.1. The summed E-state index contributed by atoms with van der Waals surface area (Å²) in [4.78, 5) is 64.7.